The van der Waals surface area contributed by atoms with Crippen molar-refractivity contribution in [3.63, 3.8) is 0 Å². The number of hydrogen-bond donors (Lipinski definition) is 1. The molecule has 13 heavy (non-hydrogen) atoms. The van der Waals surface area contributed by atoms with Gasteiger partial charge in [0.2, 0.25) is 0 Å². The topological polar surface area (TPSA) is 38.5 Å². The van der Waals surface area contributed by atoms with Crippen LogP contribution < -0.4 is 5.73 Å². The Morgan fingerprint density at radius 1 is 1.38 bits per heavy atom. The molecule has 0 amide bonds. The molecule has 3 nitrogen and oxygen atoms in total. The first kappa shape index (κ1) is 9.44. The van der Waals surface area contributed by atoms with Gasteiger partial charge >= 0.3 is 0 Å². The van der Waals surface area contributed by atoms with Crippen molar-refractivity contribution in [1.82, 2.24) is 4.90 Å². The smallest absolute Gasteiger partial charge is 0.0506 e. The first-order valence-corrected chi connectivity index (χ1v) is 5.40. The van der Waals surface area contributed by atoms with E-state index in [1.54, 1.807) is 0 Å². The molecule has 0 aromatic heterocycles. The fourth-order valence-electron chi connectivity index (χ4n) is 2.34. The zero-order valence-corrected chi connectivity index (χ0v) is 8.24. The Labute approximate surface area is 80.2 Å². The van der Waals surface area contributed by atoms with Gasteiger partial charge in [-0.25, -0.2) is 0 Å². The summed E-state index contributed by atoms with van der Waals surface area (Å²) in [6.45, 7) is 5.42. The molecule has 2 N–H and O–H groups in total. The molecule has 2 fully saturated rings. The zero-order valence-electron chi connectivity index (χ0n) is 8.24. The average Bonchev–Trinajstić information content (AvgIpc) is 2.53. The van der Waals surface area contributed by atoms with Crippen molar-refractivity contribution in [2.75, 3.05) is 32.8 Å². The van der Waals surface area contributed by atoms with E-state index in [4.69, 9.17) is 10.5 Å². The summed E-state index contributed by atoms with van der Waals surface area (Å²) in [4.78, 5) is 2.49. The number of rotatable bonds is 2. The monoisotopic (exact) mass is 184 g/mol. The van der Waals surface area contributed by atoms with Gasteiger partial charge in [0, 0.05) is 25.7 Å². The minimum atomic E-state index is 0.421. The van der Waals surface area contributed by atoms with E-state index in [0.717, 1.165) is 25.7 Å². The summed E-state index contributed by atoms with van der Waals surface area (Å²) < 4.78 is 5.46. The summed E-state index contributed by atoms with van der Waals surface area (Å²) in [5.41, 5.74) is 5.86. The van der Waals surface area contributed by atoms with Gasteiger partial charge in [-0.1, -0.05) is 0 Å². The van der Waals surface area contributed by atoms with Crippen LogP contribution in [0, 0.1) is 5.92 Å². The van der Waals surface area contributed by atoms with Crippen LogP contribution in [0.5, 0.6) is 0 Å². The largest absolute Gasteiger partial charge is 0.381 e. The molecule has 2 aliphatic rings. The maximum atomic E-state index is 5.86. The molecule has 0 saturated carbocycles. The molecule has 2 heterocycles. The van der Waals surface area contributed by atoms with Crippen LogP contribution in [-0.4, -0.2) is 43.8 Å². The summed E-state index contributed by atoms with van der Waals surface area (Å²) in [7, 11) is 0. The molecule has 2 atom stereocenters. The summed E-state index contributed by atoms with van der Waals surface area (Å²) >= 11 is 0. The highest BCUT2D eigenvalue weighted by Crippen LogP contribution is 2.17. The van der Waals surface area contributed by atoms with Crippen molar-refractivity contribution in [2.45, 2.75) is 25.3 Å². The Kier molecular flexibility index (Phi) is 3.19. The Bertz CT molecular complexity index is 154. The minimum Gasteiger partial charge on any atom is -0.381 e. The van der Waals surface area contributed by atoms with E-state index in [1.165, 1.54) is 32.4 Å². The lowest BCUT2D eigenvalue weighted by Gasteiger charge is -2.26. The maximum absolute atomic E-state index is 5.86. The van der Waals surface area contributed by atoms with Gasteiger partial charge in [-0.15, -0.1) is 0 Å². The van der Waals surface area contributed by atoms with Crippen molar-refractivity contribution in [1.29, 1.82) is 0 Å². The van der Waals surface area contributed by atoms with E-state index in [-0.39, 0.29) is 0 Å². The Balaban J connectivity index is 1.71. The van der Waals surface area contributed by atoms with Crippen LogP contribution in [0.2, 0.25) is 0 Å². The van der Waals surface area contributed by atoms with Crippen LogP contribution in [0.25, 0.3) is 0 Å². The molecule has 2 rings (SSSR count). The van der Waals surface area contributed by atoms with Gasteiger partial charge in [0.15, 0.2) is 0 Å². The van der Waals surface area contributed by atoms with Crippen LogP contribution in [0.15, 0.2) is 0 Å². The number of ether oxygens (including phenoxy) is 1. The zero-order chi connectivity index (χ0) is 9.10. The molecule has 76 valence electrons. The van der Waals surface area contributed by atoms with Crippen molar-refractivity contribution < 1.29 is 4.74 Å². The second-order valence-corrected chi connectivity index (χ2v) is 4.39. The van der Waals surface area contributed by atoms with Crippen molar-refractivity contribution >= 4 is 0 Å². The molecule has 0 aromatic rings. The third-order valence-electron chi connectivity index (χ3n) is 3.08. The summed E-state index contributed by atoms with van der Waals surface area (Å²) in [5, 5.41) is 0. The highest BCUT2D eigenvalue weighted by molar-refractivity contribution is 4.80. The highest BCUT2D eigenvalue weighted by Gasteiger charge is 2.23. The SMILES string of the molecule is N[C@@H]1CCN(CC2CCCOC2)C1. The van der Waals surface area contributed by atoms with Gasteiger partial charge < -0.3 is 15.4 Å². The van der Waals surface area contributed by atoms with Crippen LogP contribution in [-0.2, 0) is 4.74 Å². The van der Waals surface area contributed by atoms with E-state index in [1.807, 2.05) is 0 Å². The third kappa shape index (κ3) is 2.66. The van der Waals surface area contributed by atoms with E-state index >= 15 is 0 Å². The molecular formula is C10H20N2O. The highest BCUT2D eigenvalue weighted by atomic mass is 16.5. The minimum absolute atomic E-state index is 0.421. The van der Waals surface area contributed by atoms with Gasteiger partial charge in [-0.2, -0.15) is 0 Å². The second-order valence-electron chi connectivity index (χ2n) is 4.39. The molecule has 3 heteroatoms. The number of nitrogens with zero attached hydrogens (tertiary/aromatic N) is 1. The maximum Gasteiger partial charge on any atom is 0.0506 e. The fraction of sp³-hybridized carbons (Fsp3) is 1.00. The molecule has 0 aromatic carbocycles. The normalized spacial score (nSPS) is 36.7. The number of likely N-dealkylation sites (tertiary alicyclic amines) is 1. The average molecular weight is 184 g/mol. The predicted octanol–water partition coefficient (Wildman–Crippen LogP) is 0.446. The Morgan fingerprint density at radius 2 is 2.31 bits per heavy atom. The van der Waals surface area contributed by atoms with Gasteiger partial charge in [0.1, 0.15) is 0 Å². The van der Waals surface area contributed by atoms with Crippen LogP contribution >= 0.6 is 0 Å². The first-order chi connectivity index (χ1) is 6.34. The van der Waals surface area contributed by atoms with E-state index < -0.39 is 0 Å². The van der Waals surface area contributed by atoms with Crippen LogP contribution in [0.4, 0.5) is 0 Å². The number of nitrogens with two attached hydrogens (primary N) is 1. The molecule has 0 aliphatic carbocycles. The fourth-order valence-corrected chi connectivity index (χ4v) is 2.34. The lowest BCUT2D eigenvalue weighted by Crippen LogP contribution is -2.33. The van der Waals surface area contributed by atoms with E-state index in [0.29, 0.717) is 6.04 Å². The van der Waals surface area contributed by atoms with Crippen LogP contribution in [0.3, 0.4) is 0 Å². The lowest BCUT2D eigenvalue weighted by molar-refractivity contribution is 0.0416. The number of hydrogen-bond acceptors (Lipinski definition) is 3. The van der Waals surface area contributed by atoms with Gasteiger partial charge in [-0.3, -0.25) is 0 Å². The second kappa shape index (κ2) is 4.40. The van der Waals surface area contributed by atoms with Gasteiger partial charge in [-0.05, 0) is 31.7 Å². The molecule has 2 saturated heterocycles. The van der Waals surface area contributed by atoms with E-state index in [9.17, 15) is 0 Å². The summed E-state index contributed by atoms with van der Waals surface area (Å²) in [5.74, 6) is 0.763. The molecule has 1 unspecified atom stereocenters. The summed E-state index contributed by atoms with van der Waals surface area (Å²) in [6.07, 6.45) is 3.75. The van der Waals surface area contributed by atoms with Crippen molar-refractivity contribution in [2.24, 2.45) is 11.7 Å². The van der Waals surface area contributed by atoms with Crippen LogP contribution in [0.1, 0.15) is 19.3 Å². The van der Waals surface area contributed by atoms with Crippen molar-refractivity contribution in [3.05, 3.63) is 0 Å². The Hall–Kier alpha value is -0.120. The molecule has 0 spiro atoms. The predicted molar refractivity (Wildman–Crippen MR) is 52.6 cm³/mol. The van der Waals surface area contributed by atoms with Crippen molar-refractivity contribution in [3.8, 4) is 0 Å². The van der Waals surface area contributed by atoms with E-state index in [2.05, 4.69) is 4.90 Å². The quantitative estimate of drug-likeness (QED) is 0.677. The van der Waals surface area contributed by atoms with Gasteiger partial charge in [0.25, 0.3) is 0 Å². The molecule has 0 bridgehead atoms. The van der Waals surface area contributed by atoms with Gasteiger partial charge in [0.05, 0.1) is 6.61 Å². The first-order valence-electron chi connectivity index (χ1n) is 5.40. The Morgan fingerprint density at radius 3 is 2.92 bits per heavy atom. The molecular weight excluding hydrogens is 164 g/mol. The molecule has 2 aliphatic heterocycles. The third-order valence-corrected chi connectivity index (χ3v) is 3.08. The molecule has 0 radical (unpaired) electrons. The summed E-state index contributed by atoms with van der Waals surface area (Å²) in [6, 6.07) is 0.421. The lowest BCUT2D eigenvalue weighted by atomic mass is 10.0. The standard InChI is InChI=1S/C10H20N2O/c11-10-3-4-12(7-10)6-9-2-1-5-13-8-9/h9-10H,1-8,11H2/t9?,10-/m1/s1.